The predicted octanol–water partition coefficient (Wildman–Crippen LogP) is 5.62. The van der Waals surface area contributed by atoms with Crippen molar-refractivity contribution in [3.8, 4) is 34.3 Å². The molecule has 0 unspecified atom stereocenters. The molecule has 8 aromatic heterocycles. The number of ether oxygens (including phenoxy) is 2. The number of nitrogens with one attached hydrogen (secondary N) is 2. The first-order chi connectivity index (χ1) is 31.4. The number of methoxy groups -OCH3 is 2. The van der Waals surface area contributed by atoms with Crippen molar-refractivity contribution in [2.75, 3.05) is 86.4 Å². The van der Waals surface area contributed by atoms with Crippen molar-refractivity contribution in [2.24, 2.45) is 0 Å². The second-order valence-electron chi connectivity index (χ2n) is 15.5. The smallest absolute Gasteiger partial charge is 0.162 e. The largest absolute Gasteiger partial charge is 0.494 e. The van der Waals surface area contributed by atoms with Gasteiger partial charge in [0, 0.05) is 88.3 Å². The maximum absolute atomic E-state index is 5.79. The molecule has 0 aliphatic carbocycles. The van der Waals surface area contributed by atoms with Crippen LogP contribution >= 0.6 is 0 Å². The van der Waals surface area contributed by atoms with Gasteiger partial charge in [-0.2, -0.15) is 0 Å². The highest BCUT2D eigenvalue weighted by Gasteiger charge is 2.29. The van der Waals surface area contributed by atoms with Gasteiger partial charge in [-0.1, -0.05) is 0 Å². The van der Waals surface area contributed by atoms with Gasteiger partial charge in [0.15, 0.2) is 34.9 Å². The second kappa shape index (κ2) is 17.6. The Morgan fingerprint density at radius 1 is 0.500 bits per heavy atom. The zero-order valence-corrected chi connectivity index (χ0v) is 36.0. The molecule has 0 spiro atoms. The summed E-state index contributed by atoms with van der Waals surface area (Å²) in [6.07, 6.45) is 14.0. The van der Waals surface area contributed by atoms with Crippen LogP contribution in [0.3, 0.4) is 0 Å². The molecule has 2 N–H and O–H groups in total. The number of aromatic nitrogens is 10. The molecule has 0 bridgehead atoms. The minimum atomic E-state index is 0.511. The number of piperazine rings is 2. The van der Waals surface area contributed by atoms with Crippen molar-refractivity contribution >= 4 is 56.7 Å². The summed E-state index contributed by atoms with van der Waals surface area (Å²) in [5, 5.41) is 12.3. The number of aryl methyl sites for hydroxylation is 2. The van der Waals surface area contributed by atoms with Crippen LogP contribution in [0.15, 0.2) is 98.1 Å². The first kappa shape index (κ1) is 40.4. The molecule has 2 saturated heterocycles. The van der Waals surface area contributed by atoms with Crippen molar-refractivity contribution in [3.63, 3.8) is 0 Å². The van der Waals surface area contributed by atoms with Crippen molar-refractivity contribution in [3.05, 3.63) is 109 Å². The average Bonchev–Trinajstić information content (AvgIpc) is 3.35. The molecule has 0 aromatic carbocycles. The first-order valence-electron chi connectivity index (χ1n) is 21.1. The fraction of sp³-hybridized carbons (Fsp3) is 0.261. The van der Waals surface area contributed by atoms with Crippen LogP contribution in [0.25, 0.3) is 44.6 Å². The lowest BCUT2D eigenvalue weighted by Crippen LogP contribution is -2.44. The van der Waals surface area contributed by atoms with Gasteiger partial charge >= 0.3 is 0 Å². The molecule has 18 heteroatoms. The quantitative estimate of drug-likeness (QED) is 0.153. The number of pyridine rings is 6. The van der Waals surface area contributed by atoms with Gasteiger partial charge in [0.1, 0.15) is 23.1 Å². The molecule has 2 aliphatic rings. The number of fused-ring (bicyclic) bond motifs is 2. The van der Waals surface area contributed by atoms with E-state index in [1.807, 2.05) is 72.4 Å². The maximum Gasteiger partial charge on any atom is 0.162 e. The summed E-state index contributed by atoms with van der Waals surface area (Å²) in [5.41, 5.74) is 4.81. The Balaban J connectivity index is 1.14. The Kier molecular flexibility index (Phi) is 11.1. The minimum Gasteiger partial charge on any atom is -0.494 e. The van der Waals surface area contributed by atoms with E-state index in [9.17, 15) is 0 Å². The highest BCUT2D eigenvalue weighted by Crippen LogP contribution is 2.39. The van der Waals surface area contributed by atoms with Gasteiger partial charge in [-0.25, -0.2) is 49.9 Å². The Morgan fingerprint density at radius 2 is 0.891 bits per heavy atom. The van der Waals surface area contributed by atoms with Crippen molar-refractivity contribution in [2.45, 2.75) is 13.8 Å². The van der Waals surface area contributed by atoms with Crippen LogP contribution in [0.2, 0.25) is 0 Å². The summed E-state index contributed by atoms with van der Waals surface area (Å²) in [7, 11) is 3.28. The van der Waals surface area contributed by atoms with Gasteiger partial charge in [0.25, 0.3) is 0 Å². The third-order valence-electron chi connectivity index (χ3n) is 11.3. The highest BCUT2D eigenvalue weighted by molar-refractivity contribution is 5.97. The molecular formula is C46H46N16O2. The van der Waals surface area contributed by atoms with Gasteiger partial charge < -0.3 is 29.9 Å². The summed E-state index contributed by atoms with van der Waals surface area (Å²) in [4.78, 5) is 53.8. The lowest BCUT2D eigenvalue weighted by Gasteiger charge is -2.35. The van der Waals surface area contributed by atoms with Gasteiger partial charge in [-0.3, -0.25) is 9.97 Å². The summed E-state index contributed by atoms with van der Waals surface area (Å²) in [6.45, 7) is 10.5. The highest BCUT2D eigenvalue weighted by atomic mass is 16.5. The number of rotatable bonds is 11. The third-order valence-corrected chi connectivity index (χ3v) is 11.3. The minimum absolute atomic E-state index is 0.511. The van der Waals surface area contributed by atoms with E-state index in [0.717, 1.165) is 97.0 Å². The van der Waals surface area contributed by atoms with Crippen LogP contribution in [0.5, 0.6) is 11.5 Å². The summed E-state index contributed by atoms with van der Waals surface area (Å²) < 4.78 is 11.6. The molecular weight excluding hydrogens is 809 g/mol. The molecule has 0 saturated carbocycles. The molecule has 18 nitrogen and oxygen atoms in total. The van der Waals surface area contributed by atoms with Crippen molar-refractivity contribution in [1.29, 1.82) is 0 Å². The zero-order chi connectivity index (χ0) is 43.6. The Hall–Kier alpha value is -7.70. The summed E-state index contributed by atoms with van der Waals surface area (Å²) in [5.74, 6) is 6.02. The van der Waals surface area contributed by atoms with E-state index in [2.05, 4.69) is 30.4 Å². The van der Waals surface area contributed by atoms with Crippen LogP contribution < -0.4 is 39.9 Å². The van der Waals surface area contributed by atoms with Crippen LogP contribution in [0, 0.1) is 13.8 Å². The van der Waals surface area contributed by atoms with E-state index in [4.69, 9.17) is 49.3 Å². The lowest BCUT2D eigenvalue weighted by atomic mass is 10.2. The molecule has 8 aromatic rings. The molecule has 322 valence electrons. The monoisotopic (exact) mass is 854 g/mol. The predicted molar refractivity (Wildman–Crippen MR) is 247 cm³/mol. The van der Waals surface area contributed by atoms with Crippen LogP contribution in [-0.4, -0.2) is 116 Å². The van der Waals surface area contributed by atoms with Crippen molar-refractivity contribution in [1.82, 2.24) is 60.5 Å². The number of hydrazine groups is 1. The van der Waals surface area contributed by atoms with E-state index < -0.39 is 0 Å². The molecule has 10 heterocycles. The maximum atomic E-state index is 5.79. The van der Waals surface area contributed by atoms with Gasteiger partial charge in [-0.15, -0.1) is 0 Å². The summed E-state index contributed by atoms with van der Waals surface area (Å²) in [6, 6.07) is 15.7. The topological polar surface area (TPSA) is 184 Å². The third kappa shape index (κ3) is 7.84. The molecule has 64 heavy (non-hydrogen) atoms. The van der Waals surface area contributed by atoms with Crippen LogP contribution in [-0.2, 0) is 0 Å². The molecule has 0 atom stereocenters. The SMILES string of the molecule is COc1cncc2nc(-c3ccnc(N(c4cc(C)ccn4)N(c4cc(C)ccn4)c4cc(-c5nc(N6CCNCC6)c6c(OC)cncc6n5)ccn4)c3)nc(N3CCNCC3)c12. The van der Waals surface area contributed by atoms with Gasteiger partial charge in [0.05, 0.1) is 60.8 Å². The van der Waals surface area contributed by atoms with Gasteiger partial charge in [0.2, 0.25) is 0 Å². The van der Waals surface area contributed by atoms with Crippen LogP contribution in [0.1, 0.15) is 11.1 Å². The molecule has 0 amide bonds. The molecule has 0 radical (unpaired) electrons. The van der Waals surface area contributed by atoms with Crippen LogP contribution in [0.4, 0.5) is 34.9 Å². The number of anilines is 6. The number of hydrogen-bond donors (Lipinski definition) is 2. The average molecular weight is 855 g/mol. The van der Waals surface area contributed by atoms with E-state index in [0.29, 0.717) is 57.5 Å². The Morgan fingerprint density at radius 3 is 1.28 bits per heavy atom. The van der Waals surface area contributed by atoms with E-state index in [-0.39, 0.29) is 0 Å². The second-order valence-corrected chi connectivity index (χ2v) is 15.5. The van der Waals surface area contributed by atoms with E-state index in [1.165, 1.54) is 0 Å². The number of hydrogen-bond acceptors (Lipinski definition) is 18. The van der Waals surface area contributed by atoms with Gasteiger partial charge in [-0.05, 0) is 73.5 Å². The fourth-order valence-corrected chi connectivity index (χ4v) is 8.11. The fourth-order valence-electron chi connectivity index (χ4n) is 8.11. The molecule has 2 fully saturated rings. The van der Waals surface area contributed by atoms with Crippen molar-refractivity contribution < 1.29 is 9.47 Å². The summed E-state index contributed by atoms with van der Waals surface area (Å²) >= 11 is 0. The van der Waals surface area contributed by atoms with E-state index in [1.54, 1.807) is 63.8 Å². The zero-order valence-electron chi connectivity index (χ0n) is 36.0. The standard InChI is InChI=1S/C46H46N16O2/c1-29-5-9-51-37(21-29)61(39-23-31(7-11-53-39)43-55-33-25-49-27-35(63-3)41(33)45(57-43)59-17-13-47-14-18-59)62(38-22-30(2)6-10-52-38)40-24-32(8-12-54-40)44-56-34-26-50-28-36(64-4)42(34)46(58-44)60-19-15-48-16-20-60/h5-12,21-28,47-48H,13-20H2,1-4H3. The van der Waals surface area contributed by atoms with E-state index >= 15 is 0 Å². The Labute approximate surface area is 369 Å². The molecule has 10 rings (SSSR count). The number of nitrogens with zero attached hydrogens (tertiary/aromatic N) is 14. The lowest BCUT2D eigenvalue weighted by molar-refractivity contribution is 0.417. The first-order valence-corrected chi connectivity index (χ1v) is 21.1. The normalized spacial score (nSPS) is 14.2. The Bertz CT molecular complexity index is 2780. The molecule has 2 aliphatic heterocycles.